The van der Waals surface area contributed by atoms with Crippen LogP contribution in [0.3, 0.4) is 0 Å². The van der Waals surface area contributed by atoms with E-state index in [1.54, 1.807) is 19.2 Å². The highest BCUT2D eigenvalue weighted by molar-refractivity contribution is 6.00. The van der Waals surface area contributed by atoms with E-state index in [0.29, 0.717) is 23.3 Å². The zero-order valence-electron chi connectivity index (χ0n) is 12.7. The third kappa shape index (κ3) is 2.72. The Morgan fingerprint density at radius 2 is 1.90 bits per heavy atom. The smallest absolute Gasteiger partial charge is 0.253 e. The molecule has 1 saturated heterocycles. The predicted molar refractivity (Wildman–Crippen MR) is 83.1 cm³/mol. The molecule has 1 aromatic carbocycles. The van der Waals surface area contributed by atoms with Crippen LogP contribution in [0.15, 0.2) is 18.2 Å². The maximum atomic E-state index is 12.0. The minimum atomic E-state index is -0.0702. The van der Waals surface area contributed by atoms with Gasteiger partial charge in [-0.3, -0.25) is 9.69 Å². The van der Waals surface area contributed by atoms with Gasteiger partial charge in [-0.2, -0.15) is 0 Å². The van der Waals surface area contributed by atoms with Crippen molar-refractivity contribution in [1.82, 2.24) is 10.2 Å². The molecule has 20 heavy (non-hydrogen) atoms. The van der Waals surface area contributed by atoms with E-state index in [1.807, 2.05) is 6.07 Å². The summed E-state index contributed by atoms with van der Waals surface area (Å²) in [6.07, 6.45) is 0. The number of hydrogen-bond donors (Lipinski definition) is 2. The Morgan fingerprint density at radius 1 is 1.30 bits per heavy atom. The van der Waals surface area contributed by atoms with Crippen LogP contribution in [0.2, 0.25) is 0 Å². The van der Waals surface area contributed by atoms with Crippen LogP contribution >= 0.6 is 0 Å². The van der Waals surface area contributed by atoms with Crippen molar-refractivity contribution < 1.29 is 4.79 Å². The summed E-state index contributed by atoms with van der Waals surface area (Å²) in [5.74, 6) is -0.0702. The van der Waals surface area contributed by atoms with Gasteiger partial charge in [-0.15, -0.1) is 0 Å². The fourth-order valence-corrected chi connectivity index (χ4v) is 2.74. The van der Waals surface area contributed by atoms with Crippen LogP contribution in [-0.2, 0) is 0 Å². The first-order chi connectivity index (χ1) is 9.43. The number of anilines is 2. The highest BCUT2D eigenvalue weighted by Crippen LogP contribution is 2.27. The van der Waals surface area contributed by atoms with Crippen molar-refractivity contribution in [3.05, 3.63) is 23.8 Å². The molecule has 5 nitrogen and oxygen atoms in total. The molecule has 0 saturated carbocycles. The summed E-state index contributed by atoms with van der Waals surface area (Å²) in [5, 5.41) is 2.69. The van der Waals surface area contributed by atoms with E-state index in [4.69, 9.17) is 5.73 Å². The number of nitrogens with one attached hydrogen (secondary N) is 1. The molecule has 1 fully saturated rings. The summed E-state index contributed by atoms with van der Waals surface area (Å²) in [6.45, 7) is 6.20. The third-order valence-electron chi connectivity index (χ3n) is 4.19. The van der Waals surface area contributed by atoms with Crippen molar-refractivity contribution in [3.8, 4) is 0 Å². The molecule has 3 N–H and O–H groups in total. The van der Waals surface area contributed by atoms with Gasteiger partial charge in [-0.05, 0) is 39.1 Å². The van der Waals surface area contributed by atoms with Crippen molar-refractivity contribution in [2.45, 2.75) is 25.9 Å². The SMILES string of the molecule is CNC(=O)c1ccc(N)cc1N1CC(C)N(C)C(C)C1. The monoisotopic (exact) mass is 276 g/mol. The van der Waals surface area contributed by atoms with Crippen molar-refractivity contribution in [2.24, 2.45) is 0 Å². The molecular weight excluding hydrogens is 252 g/mol. The van der Waals surface area contributed by atoms with Gasteiger partial charge in [-0.1, -0.05) is 0 Å². The molecule has 2 unspecified atom stereocenters. The van der Waals surface area contributed by atoms with Crippen LogP contribution in [0.1, 0.15) is 24.2 Å². The summed E-state index contributed by atoms with van der Waals surface area (Å²) in [5.41, 5.74) is 8.20. The first-order valence-corrected chi connectivity index (χ1v) is 7.02. The molecule has 0 bridgehead atoms. The molecule has 1 amide bonds. The summed E-state index contributed by atoms with van der Waals surface area (Å²) in [4.78, 5) is 16.7. The minimum Gasteiger partial charge on any atom is -0.399 e. The van der Waals surface area contributed by atoms with Crippen LogP contribution in [0, 0.1) is 0 Å². The van der Waals surface area contributed by atoms with Gasteiger partial charge in [-0.25, -0.2) is 0 Å². The van der Waals surface area contributed by atoms with Crippen LogP contribution < -0.4 is 16.0 Å². The lowest BCUT2D eigenvalue weighted by Crippen LogP contribution is -2.55. The average Bonchev–Trinajstić information content (AvgIpc) is 2.43. The van der Waals surface area contributed by atoms with E-state index in [0.717, 1.165) is 18.8 Å². The highest BCUT2D eigenvalue weighted by Gasteiger charge is 2.28. The standard InChI is InChI=1S/C15H24N4O/c1-10-8-19(9-11(2)18(10)4)14-7-12(16)5-6-13(14)15(20)17-3/h5-7,10-11H,8-9,16H2,1-4H3,(H,17,20). The number of amides is 1. The highest BCUT2D eigenvalue weighted by atomic mass is 16.1. The van der Waals surface area contributed by atoms with Crippen molar-refractivity contribution in [2.75, 3.05) is 37.8 Å². The second kappa shape index (κ2) is 5.71. The average molecular weight is 276 g/mol. The Kier molecular flexibility index (Phi) is 4.18. The molecule has 0 spiro atoms. The molecule has 110 valence electrons. The summed E-state index contributed by atoms with van der Waals surface area (Å²) >= 11 is 0. The third-order valence-corrected chi connectivity index (χ3v) is 4.19. The number of likely N-dealkylation sites (N-methyl/N-ethyl adjacent to an activating group) is 1. The Labute approximate surface area is 120 Å². The van der Waals surface area contributed by atoms with Crippen LogP contribution in [-0.4, -0.2) is 50.1 Å². The van der Waals surface area contributed by atoms with E-state index < -0.39 is 0 Å². The van der Waals surface area contributed by atoms with Crippen molar-refractivity contribution in [3.63, 3.8) is 0 Å². The summed E-state index contributed by atoms with van der Waals surface area (Å²) < 4.78 is 0. The van der Waals surface area contributed by atoms with Gasteiger partial charge in [0.25, 0.3) is 5.91 Å². The van der Waals surface area contributed by atoms with Gasteiger partial charge in [0.2, 0.25) is 0 Å². The molecule has 2 rings (SSSR count). The fraction of sp³-hybridized carbons (Fsp3) is 0.533. The lowest BCUT2D eigenvalue weighted by Gasteiger charge is -2.44. The number of nitrogens with two attached hydrogens (primary N) is 1. The van der Waals surface area contributed by atoms with Crippen molar-refractivity contribution in [1.29, 1.82) is 0 Å². The van der Waals surface area contributed by atoms with Gasteiger partial charge < -0.3 is 16.0 Å². The van der Waals surface area contributed by atoms with Crippen LogP contribution in [0.5, 0.6) is 0 Å². The van der Waals surface area contributed by atoms with E-state index in [9.17, 15) is 4.79 Å². The number of carbonyl (C=O) groups is 1. The first-order valence-electron chi connectivity index (χ1n) is 7.02. The molecule has 0 radical (unpaired) electrons. The normalized spacial score (nSPS) is 23.7. The molecule has 1 heterocycles. The van der Waals surface area contributed by atoms with Gasteiger partial charge in [0.05, 0.1) is 11.3 Å². The Bertz CT molecular complexity index is 491. The van der Waals surface area contributed by atoms with E-state index in [1.165, 1.54) is 0 Å². The minimum absolute atomic E-state index is 0.0702. The topological polar surface area (TPSA) is 61.6 Å². The molecule has 1 aromatic rings. The number of piperazine rings is 1. The van der Waals surface area contributed by atoms with Crippen molar-refractivity contribution >= 4 is 17.3 Å². The van der Waals surface area contributed by atoms with E-state index in [-0.39, 0.29) is 5.91 Å². The van der Waals surface area contributed by atoms with Gasteiger partial charge in [0.15, 0.2) is 0 Å². The molecule has 5 heteroatoms. The molecule has 1 aliphatic rings. The van der Waals surface area contributed by atoms with E-state index >= 15 is 0 Å². The number of nitrogen functional groups attached to an aromatic ring is 1. The molecule has 0 aromatic heterocycles. The molecule has 2 atom stereocenters. The Hall–Kier alpha value is -1.75. The first kappa shape index (κ1) is 14.7. The van der Waals surface area contributed by atoms with Crippen LogP contribution in [0.4, 0.5) is 11.4 Å². The predicted octanol–water partition coefficient (Wildman–Crippen LogP) is 1.16. The largest absolute Gasteiger partial charge is 0.399 e. The quantitative estimate of drug-likeness (QED) is 0.796. The number of carbonyl (C=O) groups excluding carboxylic acids is 1. The number of nitrogens with zero attached hydrogens (tertiary/aromatic N) is 2. The Morgan fingerprint density at radius 3 is 2.45 bits per heavy atom. The molecule has 0 aliphatic carbocycles. The molecular formula is C15H24N4O. The Balaban J connectivity index is 2.36. The van der Waals surface area contributed by atoms with E-state index in [2.05, 4.69) is 36.0 Å². The number of benzene rings is 1. The number of hydrogen-bond acceptors (Lipinski definition) is 4. The maximum absolute atomic E-state index is 12.0. The van der Waals surface area contributed by atoms with Gasteiger partial charge in [0.1, 0.15) is 0 Å². The second-order valence-electron chi connectivity index (χ2n) is 5.62. The fourth-order valence-electron chi connectivity index (χ4n) is 2.74. The zero-order chi connectivity index (χ0) is 14.9. The lowest BCUT2D eigenvalue weighted by atomic mass is 10.0. The van der Waals surface area contributed by atoms with Gasteiger partial charge in [0, 0.05) is 37.9 Å². The number of rotatable bonds is 2. The zero-order valence-corrected chi connectivity index (χ0v) is 12.7. The lowest BCUT2D eigenvalue weighted by molar-refractivity contribution is 0.0963. The van der Waals surface area contributed by atoms with Crippen LogP contribution in [0.25, 0.3) is 0 Å². The second-order valence-corrected chi connectivity index (χ2v) is 5.62. The summed E-state index contributed by atoms with van der Waals surface area (Å²) in [7, 11) is 3.80. The summed E-state index contributed by atoms with van der Waals surface area (Å²) in [6, 6.07) is 6.36. The van der Waals surface area contributed by atoms with Gasteiger partial charge >= 0.3 is 0 Å². The molecule has 1 aliphatic heterocycles. The maximum Gasteiger partial charge on any atom is 0.253 e.